The molecule has 33 heavy (non-hydrogen) atoms. The molecule has 0 radical (unpaired) electrons. The minimum absolute atomic E-state index is 0.226. The molecule has 1 aliphatic rings. The minimum atomic E-state index is -0.440. The summed E-state index contributed by atoms with van der Waals surface area (Å²) in [6.45, 7) is 4.18. The number of nitrogens with one attached hydrogen (secondary N) is 1. The minimum Gasteiger partial charge on any atom is -0.467 e. The fourth-order valence-electron chi connectivity index (χ4n) is 3.87. The molecular weight excluding hydrogens is 440 g/mol. The number of hydrogen-bond donors (Lipinski definition) is 1. The van der Waals surface area contributed by atoms with E-state index < -0.39 is 6.04 Å². The van der Waals surface area contributed by atoms with Crippen LogP contribution in [-0.4, -0.2) is 21.1 Å². The van der Waals surface area contributed by atoms with Gasteiger partial charge in [-0.15, -0.1) is 0 Å². The van der Waals surface area contributed by atoms with Crippen LogP contribution in [0.4, 0.5) is 4.79 Å². The van der Waals surface area contributed by atoms with Crippen LogP contribution in [-0.2, 0) is 6.54 Å². The summed E-state index contributed by atoms with van der Waals surface area (Å²) >= 11 is 6.01. The number of aromatic nitrogens is 2. The van der Waals surface area contributed by atoms with Gasteiger partial charge in [0.25, 0.3) is 5.89 Å². The zero-order valence-corrected chi connectivity index (χ0v) is 18.8. The third-order valence-electron chi connectivity index (χ3n) is 5.66. The first kappa shape index (κ1) is 21.0. The standard InChI is InChI=1S/C25H21ClN4O3/c1-15-5-7-17(8-6-15)22-21(16(2)30(25(31)27-22)14-20-4-3-13-32-20)24-28-23(29-33-24)18-9-11-19(26)12-10-18/h3-13,22H,14H2,1-2H3,(H,27,31). The molecule has 0 spiro atoms. The van der Waals surface area contributed by atoms with E-state index in [2.05, 4.69) is 15.5 Å². The number of amides is 2. The lowest BCUT2D eigenvalue weighted by Crippen LogP contribution is -2.45. The maximum atomic E-state index is 13.1. The van der Waals surface area contributed by atoms with Crippen molar-refractivity contribution in [2.75, 3.05) is 0 Å². The zero-order valence-electron chi connectivity index (χ0n) is 18.1. The molecule has 8 heteroatoms. The van der Waals surface area contributed by atoms with Crippen molar-refractivity contribution < 1.29 is 13.7 Å². The molecule has 5 rings (SSSR count). The number of halogens is 1. The highest BCUT2D eigenvalue weighted by Gasteiger charge is 2.36. The van der Waals surface area contributed by atoms with E-state index in [0.717, 1.165) is 22.3 Å². The molecule has 4 aromatic rings. The SMILES string of the molecule is CC1=C(c2nc(-c3ccc(Cl)cc3)no2)C(c2ccc(C)cc2)NC(=O)N1Cc1ccco1. The van der Waals surface area contributed by atoms with Crippen molar-refractivity contribution in [3.63, 3.8) is 0 Å². The Kier molecular flexibility index (Phi) is 5.48. The Labute approximate surface area is 195 Å². The molecule has 0 aliphatic carbocycles. The topological polar surface area (TPSA) is 84.4 Å². The molecule has 0 saturated carbocycles. The smallest absolute Gasteiger partial charge is 0.322 e. The summed E-state index contributed by atoms with van der Waals surface area (Å²) in [5.41, 5.74) is 4.29. The molecule has 0 saturated heterocycles. The number of benzene rings is 2. The zero-order chi connectivity index (χ0) is 22.9. The van der Waals surface area contributed by atoms with Crippen LogP contribution >= 0.6 is 11.6 Å². The van der Waals surface area contributed by atoms with Crippen LogP contribution < -0.4 is 5.32 Å². The Morgan fingerprint density at radius 3 is 2.52 bits per heavy atom. The van der Waals surface area contributed by atoms with Gasteiger partial charge in [0.2, 0.25) is 5.82 Å². The largest absolute Gasteiger partial charge is 0.467 e. The van der Waals surface area contributed by atoms with Crippen LogP contribution in [0, 0.1) is 6.92 Å². The average molecular weight is 461 g/mol. The van der Waals surface area contributed by atoms with Gasteiger partial charge >= 0.3 is 6.03 Å². The van der Waals surface area contributed by atoms with E-state index in [1.807, 2.05) is 56.3 Å². The summed E-state index contributed by atoms with van der Waals surface area (Å²) in [4.78, 5) is 19.3. The van der Waals surface area contributed by atoms with Crippen molar-refractivity contribution in [3.8, 4) is 11.4 Å². The number of hydrogen-bond acceptors (Lipinski definition) is 5. The highest BCUT2D eigenvalue weighted by molar-refractivity contribution is 6.30. The molecule has 1 N–H and O–H groups in total. The lowest BCUT2D eigenvalue weighted by molar-refractivity contribution is 0.199. The van der Waals surface area contributed by atoms with Crippen LogP contribution in [0.25, 0.3) is 17.0 Å². The molecule has 1 atom stereocenters. The van der Waals surface area contributed by atoms with E-state index >= 15 is 0 Å². The van der Waals surface area contributed by atoms with Gasteiger partial charge in [0.15, 0.2) is 0 Å². The fourth-order valence-corrected chi connectivity index (χ4v) is 3.99. The van der Waals surface area contributed by atoms with E-state index in [-0.39, 0.29) is 12.6 Å². The molecule has 1 aliphatic heterocycles. The molecule has 2 amide bonds. The Hall–Kier alpha value is -3.84. The molecule has 3 heterocycles. The van der Waals surface area contributed by atoms with Crippen LogP contribution in [0.15, 0.2) is 81.6 Å². The first-order chi connectivity index (χ1) is 16.0. The summed E-state index contributed by atoms with van der Waals surface area (Å²) in [5.74, 6) is 1.46. The number of allylic oxidation sites excluding steroid dienone is 1. The monoisotopic (exact) mass is 460 g/mol. The van der Waals surface area contributed by atoms with Crippen molar-refractivity contribution in [1.82, 2.24) is 20.4 Å². The Balaban J connectivity index is 1.59. The average Bonchev–Trinajstić information content (AvgIpc) is 3.50. The van der Waals surface area contributed by atoms with Crippen LogP contribution in [0.1, 0.15) is 35.7 Å². The third kappa shape index (κ3) is 4.15. The summed E-state index contributed by atoms with van der Waals surface area (Å²) in [6, 6.07) is 18.2. The Morgan fingerprint density at radius 2 is 1.82 bits per heavy atom. The number of aryl methyl sites for hydroxylation is 1. The van der Waals surface area contributed by atoms with Gasteiger partial charge in [-0.25, -0.2) is 4.79 Å². The highest BCUT2D eigenvalue weighted by Crippen LogP contribution is 2.38. The Bertz CT molecular complexity index is 1310. The lowest BCUT2D eigenvalue weighted by Gasteiger charge is -2.34. The van der Waals surface area contributed by atoms with E-state index in [4.69, 9.17) is 20.5 Å². The van der Waals surface area contributed by atoms with Crippen molar-refractivity contribution in [2.24, 2.45) is 0 Å². The number of furan rings is 1. The van der Waals surface area contributed by atoms with Crippen molar-refractivity contribution in [1.29, 1.82) is 0 Å². The fraction of sp³-hybridized carbons (Fsp3) is 0.160. The van der Waals surface area contributed by atoms with E-state index in [0.29, 0.717) is 28.2 Å². The predicted octanol–water partition coefficient (Wildman–Crippen LogP) is 5.99. The van der Waals surface area contributed by atoms with Gasteiger partial charge in [0, 0.05) is 16.3 Å². The second-order valence-corrected chi connectivity index (χ2v) is 8.32. The Morgan fingerprint density at radius 1 is 1.06 bits per heavy atom. The van der Waals surface area contributed by atoms with Gasteiger partial charge in [-0.1, -0.05) is 46.6 Å². The van der Waals surface area contributed by atoms with E-state index in [1.54, 1.807) is 29.4 Å². The summed E-state index contributed by atoms with van der Waals surface area (Å²) in [5, 5.41) is 7.90. The summed E-state index contributed by atoms with van der Waals surface area (Å²) in [7, 11) is 0. The molecule has 7 nitrogen and oxygen atoms in total. The van der Waals surface area contributed by atoms with Gasteiger partial charge in [0.1, 0.15) is 5.76 Å². The number of nitrogens with zero attached hydrogens (tertiary/aromatic N) is 3. The number of rotatable bonds is 5. The molecular formula is C25H21ClN4O3. The lowest BCUT2D eigenvalue weighted by atomic mass is 9.94. The van der Waals surface area contributed by atoms with Crippen LogP contribution in [0.5, 0.6) is 0 Å². The maximum Gasteiger partial charge on any atom is 0.322 e. The summed E-state index contributed by atoms with van der Waals surface area (Å²) in [6.07, 6.45) is 1.59. The van der Waals surface area contributed by atoms with Gasteiger partial charge in [-0.05, 0) is 55.8 Å². The quantitative estimate of drug-likeness (QED) is 0.395. The molecule has 166 valence electrons. The van der Waals surface area contributed by atoms with Gasteiger partial charge < -0.3 is 14.3 Å². The molecule has 2 aromatic carbocycles. The van der Waals surface area contributed by atoms with Crippen LogP contribution in [0.3, 0.4) is 0 Å². The van der Waals surface area contributed by atoms with Gasteiger partial charge in [-0.3, -0.25) is 4.90 Å². The number of carbonyl (C=O) groups is 1. The predicted molar refractivity (Wildman–Crippen MR) is 124 cm³/mol. The first-order valence-corrected chi connectivity index (χ1v) is 10.8. The third-order valence-corrected chi connectivity index (χ3v) is 5.91. The number of urea groups is 1. The molecule has 2 aromatic heterocycles. The van der Waals surface area contributed by atoms with Gasteiger partial charge in [0.05, 0.1) is 24.4 Å². The molecule has 1 unspecified atom stereocenters. The van der Waals surface area contributed by atoms with E-state index in [1.165, 1.54) is 0 Å². The van der Waals surface area contributed by atoms with Gasteiger partial charge in [-0.2, -0.15) is 4.98 Å². The first-order valence-electron chi connectivity index (χ1n) is 10.5. The second kappa shape index (κ2) is 8.60. The molecule has 0 bridgehead atoms. The van der Waals surface area contributed by atoms with Crippen LogP contribution in [0.2, 0.25) is 5.02 Å². The maximum absolute atomic E-state index is 13.1. The second-order valence-electron chi connectivity index (χ2n) is 7.89. The molecule has 0 fully saturated rings. The van der Waals surface area contributed by atoms with Crippen molar-refractivity contribution in [2.45, 2.75) is 26.4 Å². The van der Waals surface area contributed by atoms with Crippen molar-refractivity contribution >= 4 is 23.2 Å². The van der Waals surface area contributed by atoms with Crippen molar-refractivity contribution in [3.05, 3.63) is 100 Å². The normalized spacial score (nSPS) is 16.3. The number of carbonyl (C=O) groups excluding carboxylic acids is 1. The summed E-state index contributed by atoms with van der Waals surface area (Å²) < 4.78 is 11.2. The highest BCUT2D eigenvalue weighted by atomic mass is 35.5. The van der Waals surface area contributed by atoms with E-state index in [9.17, 15) is 4.79 Å².